The summed E-state index contributed by atoms with van der Waals surface area (Å²) < 4.78 is 5.38. The van der Waals surface area contributed by atoms with Gasteiger partial charge in [-0.25, -0.2) is 0 Å². The summed E-state index contributed by atoms with van der Waals surface area (Å²) in [5.41, 5.74) is 6.84. The highest BCUT2D eigenvalue weighted by atomic mass is 16.5. The lowest BCUT2D eigenvalue weighted by Gasteiger charge is -2.09. The summed E-state index contributed by atoms with van der Waals surface area (Å²) >= 11 is 0. The van der Waals surface area contributed by atoms with Crippen LogP contribution in [-0.2, 0) is 11.2 Å². The van der Waals surface area contributed by atoms with Crippen LogP contribution in [0.15, 0.2) is 24.3 Å². The van der Waals surface area contributed by atoms with Gasteiger partial charge >= 0.3 is 0 Å². The summed E-state index contributed by atoms with van der Waals surface area (Å²) in [5, 5.41) is 2.76. The van der Waals surface area contributed by atoms with E-state index < -0.39 is 0 Å². The molecule has 18 heavy (non-hydrogen) atoms. The Morgan fingerprint density at radius 3 is 2.61 bits per heavy atom. The van der Waals surface area contributed by atoms with Crippen molar-refractivity contribution >= 4 is 5.91 Å². The van der Waals surface area contributed by atoms with Crippen molar-refractivity contribution in [2.45, 2.75) is 32.7 Å². The maximum Gasteiger partial charge on any atom is 0.257 e. The molecule has 0 aliphatic heterocycles. The van der Waals surface area contributed by atoms with Crippen LogP contribution in [0.5, 0.6) is 5.75 Å². The van der Waals surface area contributed by atoms with Crippen molar-refractivity contribution in [3.63, 3.8) is 0 Å². The van der Waals surface area contributed by atoms with E-state index in [0.29, 0.717) is 6.54 Å². The van der Waals surface area contributed by atoms with Crippen LogP contribution in [-0.4, -0.2) is 25.1 Å². The smallest absolute Gasteiger partial charge is 0.257 e. The zero-order valence-electron chi connectivity index (χ0n) is 11.1. The molecule has 0 aromatic heterocycles. The molecule has 0 bridgehead atoms. The lowest BCUT2D eigenvalue weighted by Crippen LogP contribution is -2.32. The van der Waals surface area contributed by atoms with Crippen molar-refractivity contribution in [2.75, 3.05) is 13.2 Å². The van der Waals surface area contributed by atoms with Crippen molar-refractivity contribution in [3.05, 3.63) is 29.8 Å². The van der Waals surface area contributed by atoms with Gasteiger partial charge in [0.2, 0.25) is 0 Å². The van der Waals surface area contributed by atoms with Gasteiger partial charge < -0.3 is 15.8 Å². The number of hydrogen-bond donors (Lipinski definition) is 2. The molecule has 1 amide bonds. The number of benzene rings is 1. The normalized spacial score (nSPS) is 11.9. The fraction of sp³-hybridized carbons (Fsp3) is 0.500. The summed E-state index contributed by atoms with van der Waals surface area (Å²) in [6.07, 6.45) is 1.77. The van der Waals surface area contributed by atoms with Crippen molar-refractivity contribution in [3.8, 4) is 5.75 Å². The van der Waals surface area contributed by atoms with Crippen LogP contribution in [0.3, 0.4) is 0 Å². The SMILES string of the molecule is CCc1ccc(OCC(=O)NCCC(C)N)cc1. The average molecular weight is 250 g/mol. The van der Waals surface area contributed by atoms with Gasteiger partial charge in [-0.05, 0) is 37.5 Å². The first-order chi connectivity index (χ1) is 8.61. The minimum atomic E-state index is -0.116. The van der Waals surface area contributed by atoms with Crippen LogP contribution in [0, 0.1) is 0 Å². The molecule has 1 aromatic carbocycles. The monoisotopic (exact) mass is 250 g/mol. The van der Waals surface area contributed by atoms with E-state index in [0.717, 1.165) is 18.6 Å². The number of amides is 1. The molecule has 0 radical (unpaired) electrons. The maximum absolute atomic E-state index is 11.4. The first kappa shape index (κ1) is 14.5. The number of carbonyl (C=O) groups is 1. The third kappa shape index (κ3) is 5.68. The molecular weight excluding hydrogens is 228 g/mol. The Bertz CT molecular complexity index is 361. The standard InChI is InChI=1S/C14H22N2O2/c1-3-12-4-6-13(7-5-12)18-10-14(17)16-9-8-11(2)15/h4-7,11H,3,8-10,15H2,1-2H3,(H,16,17). The molecule has 4 nitrogen and oxygen atoms in total. The molecular formula is C14H22N2O2. The molecule has 3 N–H and O–H groups in total. The predicted molar refractivity (Wildman–Crippen MR) is 72.6 cm³/mol. The molecule has 1 rings (SSSR count). The first-order valence-electron chi connectivity index (χ1n) is 6.35. The number of aryl methyl sites for hydroxylation is 1. The number of nitrogens with two attached hydrogens (primary N) is 1. The minimum Gasteiger partial charge on any atom is -0.484 e. The summed E-state index contributed by atoms with van der Waals surface area (Å²) in [6, 6.07) is 7.88. The Hall–Kier alpha value is -1.55. The van der Waals surface area contributed by atoms with Crippen LogP contribution in [0.2, 0.25) is 0 Å². The third-order valence-corrected chi connectivity index (χ3v) is 2.62. The molecule has 0 aliphatic carbocycles. The summed E-state index contributed by atoms with van der Waals surface area (Å²) in [7, 11) is 0. The highest BCUT2D eigenvalue weighted by Crippen LogP contribution is 2.12. The van der Waals surface area contributed by atoms with Gasteiger partial charge in [-0.3, -0.25) is 4.79 Å². The summed E-state index contributed by atoms with van der Waals surface area (Å²) in [5.74, 6) is 0.602. The largest absolute Gasteiger partial charge is 0.484 e. The van der Waals surface area contributed by atoms with Gasteiger partial charge in [-0.1, -0.05) is 19.1 Å². The fourth-order valence-electron chi connectivity index (χ4n) is 1.46. The van der Waals surface area contributed by atoms with Crippen LogP contribution in [0.4, 0.5) is 0 Å². The van der Waals surface area contributed by atoms with E-state index in [9.17, 15) is 4.79 Å². The van der Waals surface area contributed by atoms with E-state index in [-0.39, 0.29) is 18.6 Å². The summed E-state index contributed by atoms with van der Waals surface area (Å²) in [6.45, 7) is 4.65. The topological polar surface area (TPSA) is 64.3 Å². The van der Waals surface area contributed by atoms with E-state index in [1.165, 1.54) is 5.56 Å². The van der Waals surface area contributed by atoms with Gasteiger partial charge in [0.15, 0.2) is 6.61 Å². The highest BCUT2D eigenvalue weighted by Gasteiger charge is 2.03. The second kappa shape index (κ2) is 7.71. The maximum atomic E-state index is 11.4. The zero-order chi connectivity index (χ0) is 13.4. The molecule has 1 aromatic rings. The Labute approximate surface area is 109 Å². The average Bonchev–Trinajstić information content (AvgIpc) is 2.36. The van der Waals surface area contributed by atoms with E-state index in [4.69, 9.17) is 10.5 Å². The Morgan fingerprint density at radius 1 is 1.39 bits per heavy atom. The Morgan fingerprint density at radius 2 is 2.06 bits per heavy atom. The van der Waals surface area contributed by atoms with Gasteiger partial charge in [0.05, 0.1) is 0 Å². The van der Waals surface area contributed by atoms with Gasteiger partial charge in [-0.15, -0.1) is 0 Å². The van der Waals surface area contributed by atoms with Gasteiger partial charge in [0.25, 0.3) is 5.91 Å². The van der Waals surface area contributed by atoms with Gasteiger partial charge in [0, 0.05) is 12.6 Å². The van der Waals surface area contributed by atoms with E-state index >= 15 is 0 Å². The molecule has 1 unspecified atom stereocenters. The predicted octanol–water partition coefficient (Wildman–Crippen LogP) is 1.48. The lowest BCUT2D eigenvalue weighted by atomic mass is 10.2. The number of rotatable bonds is 7. The van der Waals surface area contributed by atoms with Gasteiger partial charge in [-0.2, -0.15) is 0 Å². The molecule has 4 heteroatoms. The van der Waals surface area contributed by atoms with Crippen molar-refractivity contribution in [2.24, 2.45) is 5.73 Å². The van der Waals surface area contributed by atoms with Gasteiger partial charge in [0.1, 0.15) is 5.75 Å². The molecule has 0 aliphatic rings. The number of hydrogen-bond acceptors (Lipinski definition) is 3. The summed E-state index contributed by atoms with van der Waals surface area (Å²) in [4.78, 5) is 11.4. The van der Waals surface area contributed by atoms with E-state index in [1.807, 2.05) is 31.2 Å². The quantitative estimate of drug-likeness (QED) is 0.770. The van der Waals surface area contributed by atoms with Crippen LogP contribution >= 0.6 is 0 Å². The fourth-order valence-corrected chi connectivity index (χ4v) is 1.46. The molecule has 0 saturated heterocycles. The second-order valence-corrected chi connectivity index (χ2v) is 4.40. The van der Waals surface area contributed by atoms with Crippen molar-refractivity contribution in [1.82, 2.24) is 5.32 Å². The molecule has 1 atom stereocenters. The molecule has 0 spiro atoms. The van der Waals surface area contributed by atoms with Crippen LogP contribution < -0.4 is 15.8 Å². The van der Waals surface area contributed by atoms with Crippen molar-refractivity contribution < 1.29 is 9.53 Å². The van der Waals surface area contributed by atoms with Crippen LogP contribution in [0.1, 0.15) is 25.8 Å². The third-order valence-electron chi connectivity index (χ3n) is 2.62. The first-order valence-corrected chi connectivity index (χ1v) is 6.35. The zero-order valence-corrected chi connectivity index (χ0v) is 11.1. The van der Waals surface area contributed by atoms with Crippen LogP contribution in [0.25, 0.3) is 0 Å². The Balaban J connectivity index is 2.24. The number of carbonyl (C=O) groups excluding carboxylic acids is 1. The lowest BCUT2D eigenvalue weighted by molar-refractivity contribution is -0.123. The minimum absolute atomic E-state index is 0.0461. The number of ether oxygens (including phenoxy) is 1. The molecule has 0 heterocycles. The molecule has 0 saturated carbocycles. The Kier molecular flexibility index (Phi) is 6.22. The van der Waals surface area contributed by atoms with E-state index in [1.54, 1.807) is 0 Å². The highest BCUT2D eigenvalue weighted by molar-refractivity contribution is 5.77. The van der Waals surface area contributed by atoms with Crippen molar-refractivity contribution in [1.29, 1.82) is 0 Å². The molecule has 100 valence electrons. The van der Waals surface area contributed by atoms with E-state index in [2.05, 4.69) is 12.2 Å². The second-order valence-electron chi connectivity index (χ2n) is 4.40. The number of nitrogens with one attached hydrogen (secondary N) is 1. The molecule has 0 fully saturated rings.